The van der Waals surface area contributed by atoms with Crippen molar-refractivity contribution in [1.82, 2.24) is 4.98 Å². The van der Waals surface area contributed by atoms with Gasteiger partial charge in [-0.2, -0.15) is 0 Å². The van der Waals surface area contributed by atoms with Crippen LogP contribution in [0.4, 0.5) is 4.39 Å². The minimum absolute atomic E-state index is 0.0576. The third kappa shape index (κ3) is 2.22. The number of fused-ring (bicyclic) bond motifs is 1. The van der Waals surface area contributed by atoms with E-state index in [1.807, 2.05) is 13.0 Å². The number of aromatic nitrogens is 1. The van der Waals surface area contributed by atoms with E-state index in [-0.39, 0.29) is 17.5 Å². The number of Topliss-reactive ketones (excluding diaryl/α,β-unsaturated/α-hetero) is 1. The Kier molecular flexibility index (Phi) is 3.30. The van der Waals surface area contributed by atoms with Crippen molar-refractivity contribution in [1.29, 1.82) is 0 Å². The van der Waals surface area contributed by atoms with Gasteiger partial charge in [-0.3, -0.25) is 9.78 Å². The van der Waals surface area contributed by atoms with E-state index in [9.17, 15) is 9.18 Å². The van der Waals surface area contributed by atoms with Crippen LogP contribution in [0, 0.1) is 12.7 Å². The second-order valence-electron chi connectivity index (χ2n) is 5.14. The van der Waals surface area contributed by atoms with Gasteiger partial charge in [-0.15, -0.1) is 0 Å². The lowest BCUT2D eigenvalue weighted by Crippen LogP contribution is -2.21. The Balaban J connectivity index is 2.04. The molecule has 0 bridgehead atoms. The van der Waals surface area contributed by atoms with Gasteiger partial charge >= 0.3 is 0 Å². The Morgan fingerprint density at radius 2 is 2.10 bits per heavy atom. The predicted octanol–water partition coefficient (Wildman–Crippen LogP) is 4.10. The van der Waals surface area contributed by atoms with E-state index in [1.54, 1.807) is 6.20 Å². The number of hydrogen-bond donors (Lipinski definition) is 0. The molecule has 3 rings (SSSR count). The Bertz CT molecular complexity index is 699. The van der Waals surface area contributed by atoms with E-state index in [0.717, 1.165) is 16.8 Å². The standard InChI is InChI=1S/C16H13ClFNO/c1-9-4-5-19-14-6-10(7-15(20)16(9)14)12-8-11(18)2-3-13(12)17/h2-5,8,10H,6-7H2,1H3/t10-/m1/s1. The molecule has 0 saturated carbocycles. The maximum absolute atomic E-state index is 13.4. The molecule has 4 heteroatoms. The Morgan fingerprint density at radius 1 is 1.30 bits per heavy atom. The van der Waals surface area contributed by atoms with Crippen molar-refractivity contribution < 1.29 is 9.18 Å². The molecular formula is C16H13ClFNO. The fraction of sp³-hybridized carbons (Fsp3) is 0.250. The molecule has 0 amide bonds. The minimum Gasteiger partial charge on any atom is -0.294 e. The number of halogens is 2. The highest BCUT2D eigenvalue weighted by Gasteiger charge is 2.29. The maximum Gasteiger partial charge on any atom is 0.165 e. The van der Waals surface area contributed by atoms with E-state index in [1.165, 1.54) is 18.2 Å². The molecule has 102 valence electrons. The number of pyridine rings is 1. The lowest BCUT2D eigenvalue weighted by Gasteiger charge is -2.25. The number of hydrogen-bond acceptors (Lipinski definition) is 2. The second-order valence-corrected chi connectivity index (χ2v) is 5.55. The first-order valence-electron chi connectivity index (χ1n) is 6.49. The van der Waals surface area contributed by atoms with E-state index in [4.69, 9.17) is 11.6 Å². The maximum atomic E-state index is 13.4. The molecule has 1 aromatic carbocycles. The summed E-state index contributed by atoms with van der Waals surface area (Å²) < 4.78 is 13.4. The zero-order valence-corrected chi connectivity index (χ0v) is 11.7. The van der Waals surface area contributed by atoms with Crippen LogP contribution >= 0.6 is 11.6 Å². The SMILES string of the molecule is Cc1ccnc2c1C(=O)C[C@H](c1cc(F)ccc1Cl)C2. The van der Waals surface area contributed by atoms with Crippen molar-refractivity contribution >= 4 is 17.4 Å². The topological polar surface area (TPSA) is 30.0 Å². The van der Waals surface area contributed by atoms with Gasteiger partial charge in [-0.05, 0) is 54.7 Å². The summed E-state index contributed by atoms with van der Waals surface area (Å²) in [5.74, 6) is -0.380. The summed E-state index contributed by atoms with van der Waals surface area (Å²) in [6.07, 6.45) is 2.67. The van der Waals surface area contributed by atoms with Gasteiger partial charge in [-0.25, -0.2) is 4.39 Å². The molecule has 0 saturated heterocycles. The van der Waals surface area contributed by atoms with Gasteiger partial charge in [0.1, 0.15) is 5.82 Å². The van der Waals surface area contributed by atoms with Crippen LogP contribution in [0.15, 0.2) is 30.5 Å². The van der Waals surface area contributed by atoms with Crippen LogP contribution < -0.4 is 0 Å². The molecule has 0 aliphatic heterocycles. The highest BCUT2D eigenvalue weighted by molar-refractivity contribution is 6.31. The van der Waals surface area contributed by atoms with E-state index in [2.05, 4.69) is 4.98 Å². The Labute approximate surface area is 121 Å². The fourth-order valence-electron chi connectivity index (χ4n) is 2.83. The number of carbonyl (C=O) groups excluding carboxylic acids is 1. The van der Waals surface area contributed by atoms with E-state index >= 15 is 0 Å². The van der Waals surface area contributed by atoms with Crippen LogP contribution in [-0.4, -0.2) is 10.8 Å². The molecule has 2 nitrogen and oxygen atoms in total. The monoisotopic (exact) mass is 289 g/mol. The lowest BCUT2D eigenvalue weighted by atomic mass is 9.80. The van der Waals surface area contributed by atoms with Gasteiger partial charge in [0, 0.05) is 23.2 Å². The van der Waals surface area contributed by atoms with Crippen molar-refractivity contribution in [2.24, 2.45) is 0 Å². The van der Waals surface area contributed by atoms with Gasteiger partial charge in [0.05, 0.1) is 5.69 Å². The summed E-state index contributed by atoms with van der Waals surface area (Å²) in [4.78, 5) is 16.6. The van der Waals surface area contributed by atoms with Gasteiger partial charge in [0.2, 0.25) is 0 Å². The van der Waals surface area contributed by atoms with Crippen molar-refractivity contribution in [2.75, 3.05) is 0 Å². The van der Waals surface area contributed by atoms with Crippen LogP contribution in [0.2, 0.25) is 5.02 Å². The molecule has 0 unspecified atom stereocenters. The number of carbonyl (C=O) groups is 1. The zero-order valence-electron chi connectivity index (χ0n) is 11.0. The van der Waals surface area contributed by atoms with Gasteiger partial charge < -0.3 is 0 Å². The summed E-state index contributed by atoms with van der Waals surface area (Å²) in [5, 5.41) is 0.500. The molecule has 0 spiro atoms. The molecule has 1 aliphatic rings. The average Bonchev–Trinajstić information content (AvgIpc) is 2.41. The predicted molar refractivity (Wildman–Crippen MR) is 75.8 cm³/mol. The zero-order chi connectivity index (χ0) is 14.3. The molecule has 0 fully saturated rings. The quantitative estimate of drug-likeness (QED) is 0.791. The van der Waals surface area contributed by atoms with Crippen LogP contribution in [-0.2, 0) is 6.42 Å². The van der Waals surface area contributed by atoms with Crippen LogP contribution in [0.3, 0.4) is 0 Å². The fourth-order valence-corrected chi connectivity index (χ4v) is 3.10. The van der Waals surface area contributed by atoms with Crippen LogP contribution in [0.25, 0.3) is 0 Å². The number of nitrogens with zero attached hydrogens (tertiary/aromatic N) is 1. The first kappa shape index (κ1) is 13.3. The molecule has 1 aliphatic carbocycles. The molecule has 1 aromatic heterocycles. The summed E-state index contributed by atoms with van der Waals surface area (Å²) in [6, 6.07) is 6.12. The number of aryl methyl sites for hydroxylation is 1. The molecule has 20 heavy (non-hydrogen) atoms. The first-order chi connectivity index (χ1) is 9.56. The molecule has 1 atom stereocenters. The van der Waals surface area contributed by atoms with Crippen LogP contribution in [0.1, 0.15) is 39.5 Å². The first-order valence-corrected chi connectivity index (χ1v) is 6.86. The number of ketones is 1. The van der Waals surface area contributed by atoms with E-state index < -0.39 is 0 Å². The highest BCUT2D eigenvalue weighted by atomic mass is 35.5. The summed E-state index contributed by atoms with van der Waals surface area (Å²) in [6.45, 7) is 1.91. The third-order valence-corrected chi connectivity index (χ3v) is 4.13. The number of benzene rings is 1. The second kappa shape index (κ2) is 4.98. The van der Waals surface area contributed by atoms with Gasteiger partial charge in [0.25, 0.3) is 0 Å². The molecular weight excluding hydrogens is 277 g/mol. The average molecular weight is 290 g/mol. The van der Waals surface area contributed by atoms with Crippen molar-refractivity contribution in [2.45, 2.75) is 25.7 Å². The minimum atomic E-state index is -0.333. The number of rotatable bonds is 1. The van der Waals surface area contributed by atoms with Crippen LogP contribution in [0.5, 0.6) is 0 Å². The lowest BCUT2D eigenvalue weighted by molar-refractivity contribution is 0.0962. The van der Waals surface area contributed by atoms with E-state index in [0.29, 0.717) is 23.4 Å². The largest absolute Gasteiger partial charge is 0.294 e. The van der Waals surface area contributed by atoms with Crippen molar-refractivity contribution in [3.63, 3.8) is 0 Å². The highest BCUT2D eigenvalue weighted by Crippen LogP contribution is 2.36. The Morgan fingerprint density at radius 3 is 2.90 bits per heavy atom. The Hall–Kier alpha value is -1.74. The molecule has 0 radical (unpaired) electrons. The normalized spacial score (nSPS) is 17.9. The van der Waals surface area contributed by atoms with Crippen molar-refractivity contribution in [3.8, 4) is 0 Å². The van der Waals surface area contributed by atoms with Gasteiger partial charge in [0.15, 0.2) is 5.78 Å². The smallest absolute Gasteiger partial charge is 0.165 e. The third-order valence-electron chi connectivity index (χ3n) is 3.79. The summed E-state index contributed by atoms with van der Waals surface area (Å²) in [5.41, 5.74) is 3.14. The van der Waals surface area contributed by atoms with Gasteiger partial charge in [-0.1, -0.05) is 11.6 Å². The molecule has 0 N–H and O–H groups in total. The summed E-state index contributed by atoms with van der Waals surface area (Å²) >= 11 is 6.14. The molecule has 1 heterocycles. The molecule has 2 aromatic rings. The van der Waals surface area contributed by atoms with Crippen molar-refractivity contribution in [3.05, 3.63) is 63.7 Å². The summed E-state index contributed by atoms with van der Waals surface area (Å²) in [7, 11) is 0.